The second-order valence-electron chi connectivity index (χ2n) is 4.68. The van der Waals surface area contributed by atoms with Gasteiger partial charge in [0, 0.05) is 17.8 Å². The molecule has 0 fully saturated rings. The lowest BCUT2D eigenvalue weighted by atomic mass is 10.2. The average Bonchev–Trinajstić information content (AvgIpc) is 2.38. The molecule has 0 saturated heterocycles. The van der Waals surface area contributed by atoms with E-state index in [2.05, 4.69) is 53.0 Å². The van der Waals surface area contributed by atoms with Crippen molar-refractivity contribution >= 4 is 17.3 Å². The van der Waals surface area contributed by atoms with Crippen molar-refractivity contribution in [2.45, 2.75) is 27.7 Å². The van der Waals surface area contributed by atoms with Crippen LogP contribution in [0, 0.1) is 20.8 Å². The zero-order valence-electron chi connectivity index (χ0n) is 11.9. The zero-order valence-corrected chi connectivity index (χ0v) is 11.9. The van der Waals surface area contributed by atoms with E-state index in [1.807, 2.05) is 13.8 Å². The van der Waals surface area contributed by atoms with Crippen LogP contribution in [-0.4, -0.2) is 16.5 Å². The standard InChI is InChI=1S/C15H20N4/c1-5-19(13-8-6-10(2)7-9-13)15-11(3)14(16)17-12(4)18-15/h6-9H,5H2,1-4H3,(H2,16,17,18). The maximum atomic E-state index is 5.94. The smallest absolute Gasteiger partial charge is 0.141 e. The van der Waals surface area contributed by atoms with Gasteiger partial charge in [-0.05, 0) is 39.8 Å². The number of anilines is 3. The van der Waals surface area contributed by atoms with E-state index in [9.17, 15) is 0 Å². The first-order valence-corrected chi connectivity index (χ1v) is 6.48. The normalized spacial score (nSPS) is 10.5. The number of nitrogens with zero attached hydrogens (tertiary/aromatic N) is 3. The van der Waals surface area contributed by atoms with Gasteiger partial charge in [-0.15, -0.1) is 0 Å². The molecule has 0 spiro atoms. The molecule has 1 aromatic heterocycles. The molecule has 4 nitrogen and oxygen atoms in total. The van der Waals surface area contributed by atoms with E-state index in [0.717, 1.165) is 23.6 Å². The lowest BCUT2D eigenvalue weighted by molar-refractivity contribution is 0.940. The van der Waals surface area contributed by atoms with Gasteiger partial charge in [0.1, 0.15) is 17.5 Å². The highest BCUT2D eigenvalue weighted by atomic mass is 15.2. The molecule has 100 valence electrons. The minimum Gasteiger partial charge on any atom is -0.383 e. The van der Waals surface area contributed by atoms with Crippen LogP contribution in [0.3, 0.4) is 0 Å². The lowest BCUT2D eigenvalue weighted by Gasteiger charge is -2.24. The van der Waals surface area contributed by atoms with Crippen LogP contribution in [0.1, 0.15) is 23.9 Å². The fraction of sp³-hybridized carbons (Fsp3) is 0.333. The minimum absolute atomic E-state index is 0.549. The molecular weight excluding hydrogens is 236 g/mol. The van der Waals surface area contributed by atoms with Crippen molar-refractivity contribution < 1.29 is 0 Å². The van der Waals surface area contributed by atoms with Crippen LogP contribution in [0.2, 0.25) is 0 Å². The predicted octanol–water partition coefficient (Wildman–Crippen LogP) is 3.14. The van der Waals surface area contributed by atoms with Gasteiger partial charge in [0.25, 0.3) is 0 Å². The maximum Gasteiger partial charge on any atom is 0.141 e. The molecule has 1 aromatic carbocycles. The van der Waals surface area contributed by atoms with Gasteiger partial charge in [0.05, 0.1) is 0 Å². The molecule has 0 aliphatic carbocycles. The molecule has 0 unspecified atom stereocenters. The number of aromatic nitrogens is 2. The van der Waals surface area contributed by atoms with Crippen LogP contribution in [0.15, 0.2) is 24.3 Å². The number of hydrogen-bond donors (Lipinski definition) is 1. The van der Waals surface area contributed by atoms with E-state index in [4.69, 9.17) is 5.73 Å². The first-order valence-electron chi connectivity index (χ1n) is 6.48. The van der Waals surface area contributed by atoms with Gasteiger partial charge in [-0.1, -0.05) is 17.7 Å². The van der Waals surface area contributed by atoms with Gasteiger partial charge < -0.3 is 10.6 Å². The zero-order chi connectivity index (χ0) is 14.0. The molecule has 0 saturated carbocycles. The highest BCUT2D eigenvalue weighted by Crippen LogP contribution is 2.28. The Morgan fingerprint density at radius 2 is 1.68 bits per heavy atom. The molecule has 0 amide bonds. The Balaban J connectivity index is 2.50. The average molecular weight is 256 g/mol. The number of rotatable bonds is 3. The highest BCUT2D eigenvalue weighted by molar-refractivity contribution is 5.66. The number of benzene rings is 1. The summed E-state index contributed by atoms with van der Waals surface area (Å²) in [5, 5.41) is 0. The van der Waals surface area contributed by atoms with E-state index in [-0.39, 0.29) is 0 Å². The van der Waals surface area contributed by atoms with Crippen molar-refractivity contribution in [1.29, 1.82) is 0 Å². The first-order chi connectivity index (χ1) is 9.02. The van der Waals surface area contributed by atoms with Crippen molar-refractivity contribution in [3.05, 3.63) is 41.2 Å². The van der Waals surface area contributed by atoms with Crippen molar-refractivity contribution in [2.24, 2.45) is 0 Å². The number of aryl methyl sites for hydroxylation is 2. The Morgan fingerprint density at radius 1 is 1.05 bits per heavy atom. The van der Waals surface area contributed by atoms with Crippen molar-refractivity contribution in [1.82, 2.24) is 9.97 Å². The second-order valence-corrected chi connectivity index (χ2v) is 4.68. The van der Waals surface area contributed by atoms with Gasteiger partial charge in [-0.2, -0.15) is 0 Å². The monoisotopic (exact) mass is 256 g/mol. The Labute approximate surface area is 114 Å². The van der Waals surface area contributed by atoms with Gasteiger partial charge >= 0.3 is 0 Å². The van der Waals surface area contributed by atoms with E-state index >= 15 is 0 Å². The number of nitrogens with two attached hydrogens (primary N) is 1. The topological polar surface area (TPSA) is 55.0 Å². The molecule has 0 bridgehead atoms. The summed E-state index contributed by atoms with van der Waals surface area (Å²) in [7, 11) is 0. The highest BCUT2D eigenvalue weighted by Gasteiger charge is 2.14. The summed E-state index contributed by atoms with van der Waals surface area (Å²) < 4.78 is 0. The van der Waals surface area contributed by atoms with Crippen LogP contribution in [-0.2, 0) is 0 Å². The fourth-order valence-corrected chi connectivity index (χ4v) is 2.08. The molecule has 0 aliphatic rings. The van der Waals surface area contributed by atoms with Gasteiger partial charge in [0.15, 0.2) is 0 Å². The summed E-state index contributed by atoms with van der Waals surface area (Å²) in [5.74, 6) is 2.13. The molecule has 19 heavy (non-hydrogen) atoms. The van der Waals surface area contributed by atoms with E-state index in [1.54, 1.807) is 0 Å². The Kier molecular flexibility index (Phi) is 3.69. The molecule has 2 aromatic rings. The lowest BCUT2D eigenvalue weighted by Crippen LogP contribution is -2.20. The van der Waals surface area contributed by atoms with Gasteiger partial charge in [-0.3, -0.25) is 0 Å². The van der Waals surface area contributed by atoms with Crippen molar-refractivity contribution in [2.75, 3.05) is 17.2 Å². The van der Waals surface area contributed by atoms with Crippen LogP contribution in [0.4, 0.5) is 17.3 Å². The van der Waals surface area contributed by atoms with Crippen LogP contribution < -0.4 is 10.6 Å². The minimum atomic E-state index is 0.549. The number of nitrogen functional groups attached to an aromatic ring is 1. The second kappa shape index (κ2) is 5.26. The molecule has 0 aliphatic heterocycles. The summed E-state index contributed by atoms with van der Waals surface area (Å²) in [4.78, 5) is 10.9. The summed E-state index contributed by atoms with van der Waals surface area (Å²) in [5.41, 5.74) is 9.23. The third-order valence-corrected chi connectivity index (χ3v) is 3.19. The van der Waals surface area contributed by atoms with Crippen LogP contribution in [0.25, 0.3) is 0 Å². The van der Waals surface area contributed by atoms with Crippen molar-refractivity contribution in [3.8, 4) is 0 Å². The van der Waals surface area contributed by atoms with Crippen LogP contribution >= 0.6 is 0 Å². The molecule has 4 heteroatoms. The summed E-state index contributed by atoms with van der Waals surface area (Å²) >= 11 is 0. The molecule has 2 rings (SSSR count). The molecular formula is C15H20N4. The van der Waals surface area contributed by atoms with E-state index in [1.165, 1.54) is 5.56 Å². The molecule has 1 heterocycles. The Morgan fingerprint density at radius 3 is 2.26 bits per heavy atom. The third-order valence-electron chi connectivity index (χ3n) is 3.19. The quantitative estimate of drug-likeness (QED) is 0.916. The Bertz CT molecular complexity index is 575. The van der Waals surface area contributed by atoms with E-state index < -0.39 is 0 Å². The predicted molar refractivity (Wildman–Crippen MR) is 79.8 cm³/mol. The maximum absolute atomic E-state index is 5.94. The fourth-order valence-electron chi connectivity index (χ4n) is 2.08. The summed E-state index contributed by atoms with van der Waals surface area (Å²) in [6.45, 7) is 8.84. The van der Waals surface area contributed by atoms with Crippen molar-refractivity contribution in [3.63, 3.8) is 0 Å². The SMILES string of the molecule is CCN(c1ccc(C)cc1)c1nc(C)nc(N)c1C. The molecule has 2 N–H and O–H groups in total. The van der Waals surface area contributed by atoms with Gasteiger partial charge in [-0.25, -0.2) is 9.97 Å². The van der Waals surface area contributed by atoms with Gasteiger partial charge in [0.2, 0.25) is 0 Å². The van der Waals surface area contributed by atoms with E-state index in [0.29, 0.717) is 11.6 Å². The summed E-state index contributed by atoms with van der Waals surface area (Å²) in [6.07, 6.45) is 0. The first kappa shape index (κ1) is 13.3. The Hall–Kier alpha value is -2.10. The van der Waals surface area contributed by atoms with Crippen LogP contribution in [0.5, 0.6) is 0 Å². The third kappa shape index (κ3) is 2.67. The molecule has 0 radical (unpaired) electrons. The number of hydrogen-bond acceptors (Lipinski definition) is 4. The summed E-state index contributed by atoms with van der Waals surface area (Å²) in [6, 6.07) is 8.41. The molecule has 0 atom stereocenters. The largest absolute Gasteiger partial charge is 0.383 e.